The van der Waals surface area contributed by atoms with Gasteiger partial charge in [-0.1, -0.05) is 26.0 Å². The lowest BCUT2D eigenvalue weighted by Gasteiger charge is -2.16. The molecule has 2 heteroatoms. The second kappa shape index (κ2) is 5.40. The van der Waals surface area contributed by atoms with Gasteiger partial charge >= 0.3 is 0 Å². The number of hydrogen-bond acceptors (Lipinski definition) is 1. The third-order valence-corrected chi connectivity index (χ3v) is 3.05. The molecule has 0 fully saturated rings. The Morgan fingerprint density at radius 3 is 2.64 bits per heavy atom. The molecule has 1 rings (SSSR count). The number of ether oxygens (including phenoxy) is 1. The summed E-state index contributed by atoms with van der Waals surface area (Å²) >= 11 is 3.52. The van der Waals surface area contributed by atoms with Crippen molar-refractivity contribution in [2.75, 3.05) is 6.61 Å². The highest BCUT2D eigenvalue weighted by Crippen LogP contribution is 2.34. The Morgan fingerprint density at radius 2 is 2.07 bits per heavy atom. The van der Waals surface area contributed by atoms with Crippen LogP contribution in [-0.4, -0.2) is 6.61 Å². The summed E-state index contributed by atoms with van der Waals surface area (Å²) in [6.45, 7) is 7.15. The van der Waals surface area contributed by atoms with E-state index in [1.807, 2.05) is 13.0 Å². The summed E-state index contributed by atoms with van der Waals surface area (Å²) in [5.74, 6) is 1.55. The van der Waals surface area contributed by atoms with Crippen LogP contribution in [0.3, 0.4) is 0 Å². The summed E-state index contributed by atoms with van der Waals surface area (Å²) in [4.78, 5) is 0. The van der Waals surface area contributed by atoms with Gasteiger partial charge in [0.15, 0.2) is 0 Å². The summed E-state index contributed by atoms with van der Waals surface area (Å²) in [5, 5.41) is 0. The molecule has 0 spiro atoms. The fraction of sp³-hybridized carbons (Fsp3) is 0.500. The van der Waals surface area contributed by atoms with Gasteiger partial charge in [0.05, 0.1) is 11.1 Å². The van der Waals surface area contributed by atoms with Gasteiger partial charge in [0.2, 0.25) is 0 Å². The molecule has 0 aliphatic heterocycles. The molecule has 0 N–H and O–H groups in total. The summed E-state index contributed by atoms with van der Waals surface area (Å²) in [5.41, 5.74) is 1.30. The van der Waals surface area contributed by atoms with E-state index in [0.717, 1.165) is 16.6 Å². The average Bonchev–Trinajstić information content (AvgIpc) is 2.20. The zero-order valence-electron chi connectivity index (χ0n) is 9.01. The maximum absolute atomic E-state index is 5.64. The molecular formula is C12H17BrO. The Morgan fingerprint density at radius 1 is 1.36 bits per heavy atom. The molecular weight excluding hydrogens is 240 g/mol. The predicted molar refractivity (Wildman–Crippen MR) is 64.0 cm³/mol. The highest BCUT2D eigenvalue weighted by atomic mass is 79.9. The lowest BCUT2D eigenvalue weighted by atomic mass is 9.98. The van der Waals surface area contributed by atoms with Crippen molar-refractivity contribution in [1.82, 2.24) is 0 Å². The van der Waals surface area contributed by atoms with Gasteiger partial charge in [0.1, 0.15) is 5.75 Å². The topological polar surface area (TPSA) is 9.23 Å². The summed E-state index contributed by atoms with van der Waals surface area (Å²) in [6.07, 6.45) is 1.14. The van der Waals surface area contributed by atoms with Gasteiger partial charge in [0.25, 0.3) is 0 Å². The molecule has 1 nitrogen and oxygen atoms in total. The zero-order chi connectivity index (χ0) is 10.6. The van der Waals surface area contributed by atoms with E-state index in [4.69, 9.17) is 4.74 Å². The Bertz CT molecular complexity index is 296. The highest BCUT2D eigenvalue weighted by Gasteiger charge is 2.12. The smallest absolute Gasteiger partial charge is 0.136 e. The summed E-state index contributed by atoms with van der Waals surface area (Å²) < 4.78 is 6.70. The first kappa shape index (κ1) is 11.6. The van der Waals surface area contributed by atoms with Gasteiger partial charge in [-0.15, -0.1) is 0 Å². The molecule has 1 aromatic carbocycles. The molecule has 0 saturated heterocycles. The largest absolute Gasteiger partial charge is 0.492 e. The molecule has 1 unspecified atom stereocenters. The molecule has 0 saturated carbocycles. The van der Waals surface area contributed by atoms with Gasteiger partial charge in [-0.3, -0.25) is 0 Å². The van der Waals surface area contributed by atoms with Crippen LogP contribution in [-0.2, 0) is 0 Å². The molecule has 0 heterocycles. The monoisotopic (exact) mass is 256 g/mol. The molecule has 0 aromatic heterocycles. The average molecular weight is 257 g/mol. The fourth-order valence-electron chi connectivity index (χ4n) is 1.43. The van der Waals surface area contributed by atoms with Crippen LogP contribution in [0.4, 0.5) is 0 Å². The molecule has 1 atom stereocenters. The Labute approximate surface area is 94.6 Å². The third kappa shape index (κ3) is 2.50. The molecule has 14 heavy (non-hydrogen) atoms. The van der Waals surface area contributed by atoms with Crippen LogP contribution in [0, 0.1) is 0 Å². The van der Waals surface area contributed by atoms with Crippen LogP contribution in [0.2, 0.25) is 0 Å². The van der Waals surface area contributed by atoms with Crippen LogP contribution in [0.5, 0.6) is 5.75 Å². The predicted octanol–water partition coefficient (Wildman–Crippen LogP) is 4.36. The number of benzene rings is 1. The van der Waals surface area contributed by atoms with Crippen molar-refractivity contribution < 1.29 is 4.74 Å². The minimum atomic E-state index is 0.550. The molecule has 0 bridgehead atoms. The van der Waals surface area contributed by atoms with Crippen LogP contribution in [0.25, 0.3) is 0 Å². The lowest BCUT2D eigenvalue weighted by molar-refractivity contribution is 0.332. The van der Waals surface area contributed by atoms with E-state index in [9.17, 15) is 0 Å². The molecule has 0 amide bonds. The zero-order valence-corrected chi connectivity index (χ0v) is 10.6. The second-order valence-corrected chi connectivity index (χ2v) is 4.25. The summed E-state index contributed by atoms with van der Waals surface area (Å²) in [7, 11) is 0. The van der Waals surface area contributed by atoms with Gasteiger partial charge < -0.3 is 4.74 Å². The molecule has 0 radical (unpaired) electrons. The molecule has 1 aromatic rings. The van der Waals surface area contributed by atoms with Crippen LogP contribution >= 0.6 is 15.9 Å². The van der Waals surface area contributed by atoms with Crippen LogP contribution in [0.1, 0.15) is 38.7 Å². The van der Waals surface area contributed by atoms with Gasteiger partial charge in [-0.2, -0.15) is 0 Å². The Balaban J connectivity index is 3.07. The van der Waals surface area contributed by atoms with Crippen molar-refractivity contribution in [3.8, 4) is 5.75 Å². The maximum atomic E-state index is 5.64. The van der Waals surface area contributed by atoms with E-state index in [0.29, 0.717) is 12.5 Å². The second-order valence-electron chi connectivity index (χ2n) is 3.40. The Kier molecular flexibility index (Phi) is 4.46. The normalized spacial score (nSPS) is 12.6. The minimum absolute atomic E-state index is 0.550. The highest BCUT2D eigenvalue weighted by molar-refractivity contribution is 9.10. The molecule has 78 valence electrons. The number of halogens is 1. The number of rotatable bonds is 4. The van der Waals surface area contributed by atoms with Crippen molar-refractivity contribution in [3.05, 3.63) is 28.2 Å². The van der Waals surface area contributed by atoms with Crippen LogP contribution < -0.4 is 4.74 Å². The maximum Gasteiger partial charge on any atom is 0.136 e. The number of hydrogen-bond donors (Lipinski definition) is 0. The third-order valence-electron chi connectivity index (χ3n) is 2.43. The number of para-hydroxylation sites is 1. The van der Waals surface area contributed by atoms with E-state index < -0.39 is 0 Å². The van der Waals surface area contributed by atoms with Gasteiger partial charge in [0, 0.05) is 0 Å². The first-order chi connectivity index (χ1) is 6.70. The van der Waals surface area contributed by atoms with E-state index in [1.54, 1.807) is 0 Å². The van der Waals surface area contributed by atoms with Crippen LogP contribution in [0.15, 0.2) is 22.7 Å². The van der Waals surface area contributed by atoms with E-state index in [1.165, 1.54) is 5.56 Å². The lowest BCUT2D eigenvalue weighted by Crippen LogP contribution is -2.00. The molecule has 0 aliphatic carbocycles. The minimum Gasteiger partial charge on any atom is -0.492 e. The van der Waals surface area contributed by atoms with E-state index in [2.05, 4.69) is 41.9 Å². The quantitative estimate of drug-likeness (QED) is 0.778. The Hall–Kier alpha value is -0.500. The van der Waals surface area contributed by atoms with Crippen molar-refractivity contribution in [2.45, 2.75) is 33.1 Å². The van der Waals surface area contributed by atoms with E-state index in [-0.39, 0.29) is 0 Å². The standard InChI is InChI=1S/C12H17BrO/c1-4-9(3)10-7-6-8-11(13)12(10)14-5-2/h6-9H,4-5H2,1-3H3. The molecule has 0 aliphatic rings. The van der Waals surface area contributed by atoms with Gasteiger partial charge in [-0.25, -0.2) is 0 Å². The van der Waals surface area contributed by atoms with Gasteiger partial charge in [-0.05, 0) is 46.8 Å². The van der Waals surface area contributed by atoms with Crippen molar-refractivity contribution >= 4 is 15.9 Å². The van der Waals surface area contributed by atoms with Crippen molar-refractivity contribution in [3.63, 3.8) is 0 Å². The van der Waals surface area contributed by atoms with Crippen molar-refractivity contribution in [2.24, 2.45) is 0 Å². The SMILES string of the molecule is CCOc1c(Br)cccc1C(C)CC. The summed E-state index contributed by atoms with van der Waals surface area (Å²) in [6, 6.07) is 6.23. The fourth-order valence-corrected chi connectivity index (χ4v) is 1.93. The first-order valence-electron chi connectivity index (χ1n) is 5.11. The van der Waals surface area contributed by atoms with Crippen molar-refractivity contribution in [1.29, 1.82) is 0 Å². The van der Waals surface area contributed by atoms with E-state index >= 15 is 0 Å². The first-order valence-corrected chi connectivity index (χ1v) is 5.91.